The smallest absolute Gasteiger partial charge is 0.303 e. The summed E-state index contributed by atoms with van der Waals surface area (Å²) in [5.74, 6) is 0. The second-order valence-electron chi connectivity index (χ2n) is 0.513. The van der Waals surface area contributed by atoms with Crippen LogP contribution in [0.2, 0.25) is 0 Å². The summed E-state index contributed by atoms with van der Waals surface area (Å²) in [5.41, 5.74) is 0. The Kier molecular flexibility index (Phi) is 12.4. The first-order chi connectivity index (χ1) is 2.00. The summed E-state index contributed by atoms with van der Waals surface area (Å²) >= 11 is 0. The Bertz CT molecular complexity index is 55.8. The minimum absolute atomic E-state index is 0. The zero-order valence-corrected chi connectivity index (χ0v) is 10.4. The molecule has 3 N–H and O–H groups in total. The number of hydrogen-bond donors (Lipinski definition) is 3. The van der Waals surface area contributed by atoms with Gasteiger partial charge in [-0.3, -0.25) is 0 Å². The predicted molar refractivity (Wildman–Crippen MR) is 14.3 cm³/mol. The van der Waals surface area contributed by atoms with Gasteiger partial charge in [0.05, 0.1) is 0 Å². The van der Waals surface area contributed by atoms with Gasteiger partial charge in [-0.15, -0.1) is 0 Å². The first-order valence-corrected chi connectivity index (χ1v) is 2.35. The van der Waals surface area contributed by atoms with E-state index in [0.29, 0.717) is 0 Å². The summed E-state index contributed by atoms with van der Waals surface area (Å²) in [4.78, 5) is 21.6. The van der Waals surface area contributed by atoms with Crippen molar-refractivity contribution in [2.75, 3.05) is 0 Å². The minimum Gasteiger partial charge on any atom is -0.303 e. The first-order valence-electron chi connectivity index (χ1n) is 0.783. The van der Waals surface area contributed by atoms with Crippen molar-refractivity contribution in [2.45, 2.75) is 0 Å². The van der Waals surface area contributed by atoms with Crippen LogP contribution in [-0.2, 0) is 43.5 Å². The third-order valence-corrected chi connectivity index (χ3v) is 0. The van der Waals surface area contributed by atoms with Crippen molar-refractivity contribution in [3.05, 3.63) is 0 Å². The summed E-state index contributed by atoms with van der Waals surface area (Å²) in [7, 11) is -4.64. The van der Waals surface area contributed by atoms with Crippen molar-refractivity contribution in [1.82, 2.24) is 0 Å². The van der Waals surface area contributed by atoms with E-state index < -0.39 is 7.82 Å². The van der Waals surface area contributed by atoms with E-state index >= 15 is 0 Å². The van der Waals surface area contributed by atoms with Crippen LogP contribution in [0.1, 0.15) is 0 Å². The number of phosphoric acid groups is 1. The largest absolute Gasteiger partial charge is 0.466 e. The predicted octanol–water partition coefficient (Wildman–Crippen LogP) is -0.934. The van der Waals surface area contributed by atoms with E-state index in [1.807, 2.05) is 0 Å². The van der Waals surface area contributed by atoms with Gasteiger partial charge in [-0.2, -0.15) is 0 Å². The quantitative estimate of drug-likeness (QED) is 0.370. The van der Waals surface area contributed by atoms with Crippen LogP contribution in [-0.4, -0.2) is 14.7 Å². The third kappa shape index (κ3) is 115. The van der Waals surface area contributed by atoms with E-state index in [2.05, 4.69) is 0 Å². The molecule has 0 saturated carbocycles. The average molecular weight is 229 g/mol. The summed E-state index contributed by atoms with van der Waals surface area (Å²) < 4.78 is 8.88. The molecule has 7 heavy (non-hydrogen) atoms. The molecular weight excluding hydrogens is 226 g/mol. The molecule has 0 aliphatic carbocycles. The summed E-state index contributed by atoms with van der Waals surface area (Å²) in [5, 5.41) is 0. The van der Waals surface area contributed by atoms with Crippen LogP contribution < -0.4 is 0 Å². The first kappa shape index (κ1) is 15.8. The van der Waals surface area contributed by atoms with Gasteiger partial charge in [0.2, 0.25) is 0 Å². The summed E-state index contributed by atoms with van der Waals surface area (Å²) in [6.07, 6.45) is 0. The molecule has 0 atom stereocenters. The van der Waals surface area contributed by atoms with Gasteiger partial charge < -0.3 is 14.7 Å². The van der Waals surface area contributed by atoms with E-state index in [1.54, 1.807) is 0 Å². The van der Waals surface area contributed by atoms with E-state index in [4.69, 9.17) is 19.2 Å². The molecule has 0 heterocycles. The zero-order chi connectivity index (χ0) is 4.50. The number of rotatable bonds is 0. The van der Waals surface area contributed by atoms with Crippen LogP contribution in [0.5, 0.6) is 0 Å². The zero-order valence-electron chi connectivity index (χ0n) is 3.61. The molecule has 7 heteroatoms. The van der Waals surface area contributed by atoms with Gasteiger partial charge in [-0.1, -0.05) is 0 Å². The maximum Gasteiger partial charge on any atom is 0.466 e. The normalized spacial score (nSPS) is 8.43. The molecule has 0 spiro atoms. The van der Waals surface area contributed by atoms with Crippen molar-refractivity contribution < 1.29 is 58.2 Å². The average Bonchev–Trinajstić information content (AvgIpc) is 0.722. The van der Waals surface area contributed by atoms with Crippen molar-refractivity contribution in [3.8, 4) is 0 Å². The third-order valence-electron chi connectivity index (χ3n) is 0. The van der Waals surface area contributed by atoms with Gasteiger partial charge in [0.25, 0.3) is 0 Å². The second-order valence-corrected chi connectivity index (χ2v) is 1.54. The van der Waals surface area contributed by atoms with Crippen LogP contribution in [0, 0.1) is 0 Å². The van der Waals surface area contributed by atoms with Gasteiger partial charge in [0.1, 0.15) is 0 Å². The Morgan fingerprint density at radius 2 is 1.00 bits per heavy atom. The van der Waals surface area contributed by atoms with Gasteiger partial charge in [0.15, 0.2) is 0 Å². The van der Waals surface area contributed by atoms with Gasteiger partial charge in [-0.25, -0.2) is 4.57 Å². The van der Waals surface area contributed by atoms with Gasteiger partial charge in [0, 0.05) is 39.0 Å². The van der Waals surface area contributed by atoms with E-state index in [1.165, 1.54) is 0 Å². The number of hydrogen-bond acceptors (Lipinski definition) is 1. The molecule has 0 unspecified atom stereocenters. The van der Waals surface area contributed by atoms with Crippen LogP contribution in [0.15, 0.2) is 0 Å². The molecule has 0 aromatic carbocycles. The van der Waals surface area contributed by atoms with Crippen LogP contribution in [0.3, 0.4) is 0 Å². The Labute approximate surface area is 66.1 Å². The maximum absolute atomic E-state index is 8.88. The summed E-state index contributed by atoms with van der Waals surface area (Å²) in [6, 6.07) is 0. The second kappa shape index (κ2) is 5.49. The molecule has 0 aliphatic heterocycles. The minimum atomic E-state index is -4.64. The molecule has 36 valence electrons. The fourth-order valence-electron chi connectivity index (χ4n) is 0. The Morgan fingerprint density at radius 3 is 1.00 bits per heavy atom. The molecule has 4 nitrogen and oxygen atoms in total. The molecule has 0 radical (unpaired) electrons. The molecule has 0 aromatic rings. The Balaban J connectivity index is -0.0000000800. The topological polar surface area (TPSA) is 77.8 Å². The Morgan fingerprint density at radius 1 is 1.00 bits per heavy atom. The van der Waals surface area contributed by atoms with E-state index in [9.17, 15) is 0 Å². The van der Waals surface area contributed by atoms with E-state index in [0.717, 1.165) is 0 Å². The van der Waals surface area contributed by atoms with Crippen LogP contribution in [0.4, 0.5) is 0 Å². The van der Waals surface area contributed by atoms with Gasteiger partial charge >= 0.3 is 7.82 Å². The molecule has 0 amide bonds. The van der Waals surface area contributed by atoms with Gasteiger partial charge in [-0.05, 0) is 0 Å². The van der Waals surface area contributed by atoms with Crippen molar-refractivity contribution in [2.24, 2.45) is 0 Å². The SMILES string of the molecule is O=P(O)(O)O.[Zn].[Zn]. The van der Waals surface area contributed by atoms with Crippen LogP contribution >= 0.6 is 7.82 Å². The fourth-order valence-corrected chi connectivity index (χ4v) is 0. The van der Waals surface area contributed by atoms with Crippen molar-refractivity contribution >= 4 is 7.82 Å². The van der Waals surface area contributed by atoms with Crippen LogP contribution in [0.25, 0.3) is 0 Å². The molecule has 0 bridgehead atoms. The maximum atomic E-state index is 8.88. The van der Waals surface area contributed by atoms with Crippen molar-refractivity contribution in [3.63, 3.8) is 0 Å². The molecule has 0 rings (SSSR count). The standard InChI is InChI=1S/H3O4P.2Zn/c1-5(2,3)4;;/h(H3,1,2,3,4);;. The fraction of sp³-hybridized carbons (Fsp3) is 0. The van der Waals surface area contributed by atoms with E-state index in [-0.39, 0.29) is 39.0 Å². The summed E-state index contributed by atoms with van der Waals surface area (Å²) in [6.45, 7) is 0. The monoisotopic (exact) mass is 226 g/mol. The molecule has 0 fully saturated rings. The Hall–Kier alpha value is 1.36. The molecular formula is H3O4PZn2. The molecule has 0 aliphatic rings. The molecule has 0 aromatic heterocycles. The molecule has 0 saturated heterocycles. The van der Waals surface area contributed by atoms with Crippen molar-refractivity contribution in [1.29, 1.82) is 0 Å².